The Labute approximate surface area is 61.2 Å². The molecule has 0 aromatic carbocycles. The predicted octanol–water partition coefficient (Wildman–Crippen LogP) is 0.159. The van der Waals surface area contributed by atoms with Crippen LogP contribution in [0, 0.1) is 11.8 Å². The summed E-state index contributed by atoms with van der Waals surface area (Å²) >= 11 is 0. The zero-order valence-electron chi connectivity index (χ0n) is 5.31. The molecule has 3 heteroatoms. The highest BCUT2D eigenvalue weighted by Crippen LogP contribution is 2.10. The quantitative estimate of drug-likeness (QED) is 0.496. The second-order valence-corrected chi connectivity index (χ2v) is 2.02. The van der Waals surface area contributed by atoms with Gasteiger partial charge >= 0.3 is 0 Å². The van der Waals surface area contributed by atoms with Crippen molar-refractivity contribution in [3.8, 4) is 11.8 Å². The number of nitrogens with two attached hydrogens (primary N) is 1. The van der Waals surface area contributed by atoms with Crippen molar-refractivity contribution in [2.45, 2.75) is 12.5 Å². The van der Waals surface area contributed by atoms with E-state index >= 15 is 0 Å². The van der Waals surface area contributed by atoms with Crippen LogP contribution in [0.1, 0.15) is 6.92 Å². The molecule has 0 spiro atoms. The van der Waals surface area contributed by atoms with E-state index in [1.54, 1.807) is 6.92 Å². The molecule has 2 nitrogen and oxygen atoms in total. The summed E-state index contributed by atoms with van der Waals surface area (Å²) in [7, 11) is 0. The summed E-state index contributed by atoms with van der Waals surface area (Å²) in [4.78, 5) is 0. The molecule has 0 radical (unpaired) electrons. The third kappa shape index (κ3) is 1.87. The molecule has 0 bridgehead atoms. The molecular formula is C6H10ClNO. The van der Waals surface area contributed by atoms with Crippen molar-refractivity contribution in [3.05, 3.63) is 0 Å². The average Bonchev–Trinajstić information content (AvgIpc) is 1.64. The van der Waals surface area contributed by atoms with E-state index < -0.39 is 0 Å². The molecule has 1 rings (SSSR count). The van der Waals surface area contributed by atoms with Crippen molar-refractivity contribution in [3.63, 3.8) is 0 Å². The molecule has 0 amide bonds. The fourth-order valence-corrected chi connectivity index (χ4v) is 0.643. The Morgan fingerprint density at radius 3 is 2.22 bits per heavy atom. The van der Waals surface area contributed by atoms with Crippen LogP contribution in [0.2, 0.25) is 0 Å². The molecule has 0 saturated carbocycles. The van der Waals surface area contributed by atoms with E-state index in [2.05, 4.69) is 11.8 Å². The predicted molar refractivity (Wildman–Crippen MR) is 38.4 cm³/mol. The van der Waals surface area contributed by atoms with Crippen molar-refractivity contribution in [2.75, 3.05) is 13.2 Å². The summed E-state index contributed by atoms with van der Waals surface area (Å²) in [5.41, 5.74) is 5.30. The normalized spacial score (nSPS) is 20.2. The number of halogens is 1. The van der Waals surface area contributed by atoms with Crippen LogP contribution >= 0.6 is 12.4 Å². The average molecular weight is 148 g/mol. The van der Waals surface area contributed by atoms with Gasteiger partial charge in [0, 0.05) is 0 Å². The van der Waals surface area contributed by atoms with Crippen LogP contribution in [0.4, 0.5) is 0 Å². The fraction of sp³-hybridized carbons (Fsp3) is 0.667. The number of ether oxygens (including phenoxy) is 1. The molecule has 0 aromatic rings. The van der Waals surface area contributed by atoms with Crippen molar-refractivity contribution < 1.29 is 4.74 Å². The van der Waals surface area contributed by atoms with Gasteiger partial charge in [0.2, 0.25) is 0 Å². The van der Waals surface area contributed by atoms with Crippen molar-refractivity contribution in [1.29, 1.82) is 0 Å². The Morgan fingerprint density at radius 2 is 2.11 bits per heavy atom. The van der Waals surface area contributed by atoms with E-state index in [9.17, 15) is 0 Å². The lowest BCUT2D eigenvalue weighted by Gasteiger charge is -2.32. The Balaban J connectivity index is 0.000000640. The van der Waals surface area contributed by atoms with E-state index in [0.29, 0.717) is 13.2 Å². The van der Waals surface area contributed by atoms with E-state index in [1.807, 2.05) is 0 Å². The molecule has 0 unspecified atom stereocenters. The molecule has 1 fully saturated rings. The summed E-state index contributed by atoms with van der Waals surface area (Å²) in [6, 6.07) is 0. The van der Waals surface area contributed by atoms with Gasteiger partial charge in [-0.25, -0.2) is 0 Å². The number of hydrogen-bond donors (Lipinski definition) is 1. The SMILES string of the molecule is CC#CC1(N)COC1.Cl. The van der Waals surface area contributed by atoms with Crippen LogP contribution in [-0.4, -0.2) is 18.8 Å². The third-order valence-electron chi connectivity index (χ3n) is 1.09. The van der Waals surface area contributed by atoms with Crippen LogP contribution in [-0.2, 0) is 4.74 Å². The first kappa shape index (κ1) is 8.77. The topological polar surface area (TPSA) is 35.2 Å². The standard InChI is InChI=1S/C6H9NO.ClH/c1-2-3-6(7)4-8-5-6;/h4-5,7H2,1H3;1H. The first-order valence-electron chi connectivity index (χ1n) is 2.57. The van der Waals surface area contributed by atoms with Gasteiger partial charge in [-0.05, 0) is 6.92 Å². The maximum Gasteiger partial charge on any atom is 0.125 e. The van der Waals surface area contributed by atoms with Crippen molar-refractivity contribution >= 4 is 12.4 Å². The lowest BCUT2D eigenvalue weighted by Crippen LogP contribution is -2.56. The van der Waals surface area contributed by atoms with Gasteiger partial charge in [0.1, 0.15) is 5.54 Å². The molecule has 9 heavy (non-hydrogen) atoms. The second kappa shape index (κ2) is 3.07. The van der Waals surface area contributed by atoms with Gasteiger partial charge in [-0.15, -0.1) is 18.3 Å². The van der Waals surface area contributed by atoms with Gasteiger partial charge in [-0.1, -0.05) is 5.92 Å². The van der Waals surface area contributed by atoms with Gasteiger partial charge < -0.3 is 10.5 Å². The first-order valence-corrected chi connectivity index (χ1v) is 2.57. The molecule has 52 valence electrons. The molecule has 0 aliphatic carbocycles. The van der Waals surface area contributed by atoms with E-state index in [0.717, 1.165) is 0 Å². The maximum atomic E-state index is 5.61. The van der Waals surface area contributed by atoms with Crippen molar-refractivity contribution in [1.82, 2.24) is 0 Å². The lowest BCUT2D eigenvalue weighted by molar-refractivity contribution is -0.0229. The third-order valence-corrected chi connectivity index (χ3v) is 1.09. The highest BCUT2D eigenvalue weighted by Gasteiger charge is 2.31. The molecule has 1 aliphatic heterocycles. The van der Waals surface area contributed by atoms with E-state index in [1.165, 1.54) is 0 Å². The fourth-order valence-electron chi connectivity index (χ4n) is 0.643. The Hall–Kier alpha value is -0.230. The van der Waals surface area contributed by atoms with Gasteiger partial charge in [-0.2, -0.15) is 0 Å². The zero-order chi connectivity index (χ0) is 6.04. The minimum Gasteiger partial charge on any atom is -0.375 e. The largest absolute Gasteiger partial charge is 0.375 e. The molecule has 1 saturated heterocycles. The van der Waals surface area contributed by atoms with Crippen LogP contribution in [0.3, 0.4) is 0 Å². The summed E-state index contributed by atoms with van der Waals surface area (Å²) < 4.78 is 4.86. The second-order valence-electron chi connectivity index (χ2n) is 2.02. The molecule has 0 atom stereocenters. The molecule has 0 aromatic heterocycles. The summed E-state index contributed by atoms with van der Waals surface area (Å²) in [5.74, 6) is 5.62. The van der Waals surface area contributed by atoms with Crippen molar-refractivity contribution in [2.24, 2.45) is 5.73 Å². The summed E-state index contributed by atoms with van der Waals surface area (Å²) in [6.45, 7) is 2.97. The van der Waals surface area contributed by atoms with Gasteiger partial charge in [0.25, 0.3) is 0 Å². The van der Waals surface area contributed by atoms with Crippen LogP contribution in [0.25, 0.3) is 0 Å². The monoisotopic (exact) mass is 147 g/mol. The Kier molecular flexibility index (Phi) is 2.99. The number of rotatable bonds is 0. The smallest absolute Gasteiger partial charge is 0.125 e. The van der Waals surface area contributed by atoms with Gasteiger partial charge in [0.15, 0.2) is 0 Å². The van der Waals surface area contributed by atoms with Crippen LogP contribution in [0.15, 0.2) is 0 Å². The molecule has 1 aliphatic rings. The summed E-state index contributed by atoms with van der Waals surface area (Å²) in [6.07, 6.45) is 0. The minimum atomic E-state index is -0.311. The van der Waals surface area contributed by atoms with Gasteiger partial charge in [-0.3, -0.25) is 0 Å². The minimum absolute atomic E-state index is 0. The number of hydrogen-bond acceptors (Lipinski definition) is 2. The van der Waals surface area contributed by atoms with E-state index in [4.69, 9.17) is 10.5 Å². The molecule has 2 N–H and O–H groups in total. The molecular weight excluding hydrogens is 138 g/mol. The Bertz CT molecular complexity index is 143. The zero-order valence-corrected chi connectivity index (χ0v) is 6.12. The maximum absolute atomic E-state index is 5.61. The van der Waals surface area contributed by atoms with E-state index in [-0.39, 0.29) is 17.9 Å². The highest BCUT2D eigenvalue weighted by molar-refractivity contribution is 5.85. The highest BCUT2D eigenvalue weighted by atomic mass is 35.5. The first-order chi connectivity index (χ1) is 3.77. The van der Waals surface area contributed by atoms with Crippen LogP contribution < -0.4 is 5.73 Å². The lowest BCUT2D eigenvalue weighted by atomic mass is 10.0. The van der Waals surface area contributed by atoms with Crippen LogP contribution in [0.5, 0.6) is 0 Å². The summed E-state index contributed by atoms with van der Waals surface area (Å²) in [5, 5.41) is 0. The van der Waals surface area contributed by atoms with Gasteiger partial charge in [0.05, 0.1) is 13.2 Å². The molecule has 1 heterocycles. The Morgan fingerprint density at radius 1 is 1.56 bits per heavy atom.